The van der Waals surface area contributed by atoms with E-state index >= 15 is 0 Å². The zero-order chi connectivity index (χ0) is 13.3. The van der Waals surface area contributed by atoms with Crippen LogP contribution in [-0.4, -0.2) is 29.8 Å². The Hall–Kier alpha value is -1.01. The normalized spacial score (nSPS) is 20.5. The van der Waals surface area contributed by atoms with E-state index in [-0.39, 0.29) is 17.5 Å². The number of alkyl halides is 3. The van der Waals surface area contributed by atoms with Gasteiger partial charge in [0.25, 0.3) is 0 Å². The summed E-state index contributed by atoms with van der Waals surface area (Å²) in [6.07, 6.45) is -2.86. The van der Waals surface area contributed by atoms with Crippen molar-refractivity contribution in [3.63, 3.8) is 0 Å². The fraction of sp³-hybridized carbons (Fsp3) is 0.545. The van der Waals surface area contributed by atoms with E-state index in [0.717, 1.165) is 18.7 Å². The first-order valence-electron chi connectivity index (χ1n) is 5.50. The van der Waals surface area contributed by atoms with Gasteiger partial charge in [-0.25, -0.2) is 4.98 Å². The van der Waals surface area contributed by atoms with Gasteiger partial charge in [-0.05, 0) is 12.5 Å². The molecule has 2 rings (SSSR count). The summed E-state index contributed by atoms with van der Waals surface area (Å²) < 4.78 is 37.3. The number of aromatic nitrogens is 1. The molecule has 0 aliphatic carbocycles. The largest absolute Gasteiger partial charge is 0.417 e. The van der Waals surface area contributed by atoms with Gasteiger partial charge in [-0.3, -0.25) is 0 Å². The highest BCUT2D eigenvalue weighted by molar-refractivity contribution is 6.33. The smallest absolute Gasteiger partial charge is 0.396 e. The number of hydrogen-bond acceptors (Lipinski definition) is 3. The third kappa shape index (κ3) is 2.70. The fourth-order valence-electron chi connectivity index (χ4n) is 1.99. The van der Waals surface area contributed by atoms with Crippen LogP contribution in [0, 0.1) is 5.92 Å². The molecule has 0 spiro atoms. The monoisotopic (exact) mass is 280 g/mol. The minimum atomic E-state index is -4.44. The summed E-state index contributed by atoms with van der Waals surface area (Å²) in [7, 11) is 0. The molecule has 0 amide bonds. The van der Waals surface area contributed by atoms with Crippen molar-refractivity contribution >= 4 is 17.4 Å². The van der Waals surface area contributed by atoms with Crippen LogP contribution in [0.4, 0.5) is 19.0 Å². The molecule has 100 valence electrons. The molecule has 0 bridgehead atoms. The molecule has 18 heavy (non-hydrogen) atoms. The van der Waals surface area contributed by atoms with Crippen LogP contribution in [0.2, 0.25) is 5.02 Å². The molecule has 1 aliphatic rings. The molecule has 1 atom stereocenters. The molecule has 0 aromatic carbocycles. The Balaban J connectivity index is 2.21. The Morgan fingerprint density at radius 2 is 2.22 bits per heavy atom. The molecule has 1 aromatic rings. The fourth-order valence-corrected chi connectivity index (χ4v) is 2.28. The lowest BCUT2D eigenvalue weighted by atomic mass is 10.1. The van der Waals surface area contributed by atoms with Crippen LogP contribution in [0.1, 0.15) is 12.0 Å². The number of rotatable bonds is 2. The van der Waals surface area contributed by atoms with Crippen molar-refractivity contribution in [1.29, 1.82) is 0 Å². The van der Waals surface area contributed by atoms with Crippen molar-refractivity contribution < 1.29 is 18.3 Å². The highest BCUT2D eigenvalue weighted by atomic mass is 35.5. The van der Waals surface area contributed by atoms with Crippen molar-refractivity contribution in [2.24, 2.45) is 5.92 Å². The maximum atomic E-state index is 12.4. The lowest BCUT2D eigenvalue weighted by Gasteiger charge is -2.19. The standard InChI is InChI=1S/C11H12ClF3N2O/c12-9-3-8(11(13,14)15)4-16-10(9)17-2-1-7(5-17)6-18/h3-4,7,18H,1-2,5-6H2/t7-/m0/s1. The molecule has 0 saturated carbocycles. The van der Waals surface area contributed by atoms with Gasteiger partial charge in [0.05, 0.1) is 10.6 Å². The molecule has 0 radical (unpaired) electrons. The Labute approximate surface area is 107 Å². The predicted molar refractivity (Wildman–Crippen MR) is 61.7 cm³/mol. The summed E-state index contributed by atoms with van der Waals surface area (Å²) in [5.41, 5.74) is -0.853. The SMILES string of the molecule is OC[C@H]1CCN(c2ncc(C(F)(F)F)cc2Cl)C1. The summed E-state index contributed by atoms with van der Waals surface area (Å²) in [5.74, 6) is 0.478. The summed E-state index contributed by atoms with van der Waals surface area (Å²) in [4.78, 5) is 5.58. The molecule has 1 fully saturated rings. The zero-order valence-electron chi connectivity index (χ0n) is 9.41. The Morgan fingerprint density at radius 1 is 1.50 bits per heavy atom. The average Bonchev–Trinajstić information content (AvgIpc) is 2.76. The van der Waals surface area contributed by atoms with E-state index in [4.69, 9.17) is 16.7 Å². The number of aliphatic hydroxyl groups is 1. The van der Waals surface area contributed by atoms with E-state index in [9.17, 15) is 13.2 Å². The van der Waals surface area contributed by atoms with Crippen LogP contribution in [0.3, 0.4) is 0 Å². The summed E-state index contributed by atoms with van der Waals surface area (Å²) in [6.45, 7) is 1.27. The van der Waals surface area contributed by atoms with Crippen molar-refractivity contribution in [1.82, 2.24) is 4.98 Å². The van der Waals surface area contributed by atoms with Crippen molar-refractivity contribution in [2.45, 2.75) is 12.6 Å². The second-order valence-electron chi connectivity index (χ2n) is 4.31. The number of hydrogen-bond donors (Lipinski definition) is 1. The Bertz CT molecular complexity index is 439. The van der Waals surface area contributed by atoms with Gasteiger partial charge in [-0.15, -0.1) is 0 Å². The van der Waals surface area contributed by atoms with E-state index in [1.54, 1.807) is 4.90 Å². The van der Waals surface area contributed by atoms with Crippen LogP contribution in [0.15, 0.2) is 12.3 Å². The van der Waals surface area contributed by atoms with Crippen molar-refractivity contribution in [3.05, 3.63) is 22.8 Å². The first-order valence-corrected chi connectivity index (χ1v) is 5.88. The number of pyridine rings is 1. The average molecular weight is 281 g/mol. The molecule has 2 heterocycles. The van der Waals surface area contributed by atoms with E-state index < -0.39 is 11.7 Å². The van der Waals surface area contributed by atoms with E-state index in [2.05, 4.69) is 4.98 Å². The third-order valence-corrected chi connectivity index (χ3v) is 3.27. The van der Waals surface area contributed by atoms with Crippen LogP contribution in [0.5, 0.6) is 0 Å². The van der Waals surface area contributed by atoms with Gasteiger partial charge in [0.15, 0.2) is 0 Å². The number of aliphatic hydroxyl groups excluding tert-OH is 1. The van der Waals surface area contributed by atoms with E-state index in [1.807, 2.05) is 0 Å². The van der Waals surface area contributed by atoms with Gasteiger partial charge in [0, 0.05) is 31.8 Å². The number of halogens is 4. The van der Waals surface area contributed by atoms with Crippen LogP contribution >= 0.6 is 11.6 Å². The second kappa shape index (κ2) is 4.93. The highest BCUT2D eigenvalue weighted by Gasteiger charge is 2.32. The van der Waals surface area contributed by atoms with Gasteiger partial charge in [0.2, 0.25) is 0 Å². The zero-order valence-corrected chi connectivity index (χ0v) is 10.2. The Kier molecular flexibility index (Phi) is 3.68. The lowest BCUT2D eigenvalue weighted by molar-refractivity contribution is -0.137. The molecular weight excluding hydrogens is 269 g/mol. The molecular formula is C11H12ClF3N2O. The number of nitrogens with zero attached hydrogens (tertiary/aromatic N) is 2. The van der Waals surface area contributed by atoms with Crippen molar-refractivity contribution in [2.75, 3.05) is 24.6 Å². The number of anilines is 1. The van der Waals surface area contributed by atoms with Crippen LogP contribution in [-0.2, 0) is 6.18 Å². The van der Waals surface area contributed by atoms with Gasteiger partial charge < -0.3 is 10.0 Å². The third-order valence-electron chi connectivity index (χ3n) is 2.99. The first-order chi connectivity index (χ1) is 8.41. The van der Waals surface area contributed by atoms with Crippen molar-refractivity contribution in [3.8, 4) is 0 Å². The molecule has 1 N–H and O–H groups in total. The molecule has 0 unspecified atom stereocenters. The van der Waals surface area contributed by atoms with Gasteiger partial charge in [0.1, 0.15) is 5.82 Å². The summed E-state index contributed by atoms with van der Waals surface area (Å²) in [5, 5.41) is 9.01. The quantitative estimate of drug-likeness (QED) is 0.904. The first kappa shape index (κ1) is 13.4. The predicted octanol–water partition coefficient (Wildman–Crippen LogP) is 2.57. The molecule has 1 aliphatic heterocycles. The highest BCUT2D eigenvalue weighted by Crippen LogP contribution is 2.34. The van der Waals surface area contributed by atoms with Crippen LogP contribution < -0.4 is 4.90 Å². The van der Waals surface area contributed by atoms with Crippen LogP contribution in [0.25, 0.3) is 0 Å². The van der Waals surface area contributed by atoms with E-state index in [1.165, 1.54) is 0 Å². The Morgan fingerprint density at radius 3 is 2.72 bits per heavy atom. The molecule has 1 saturated heterocycles. The summed E-state index contributed by atoms with van der Waals surface area (Å²) >= 11 is 5.84. The molecule has 3 nitrogen and oxygen atoms in total. The second-order valence-corrected chi connectivity index (χ2v) is 4.72. The molecule has 7 heteroatoms. The van der Waals surface area contributed by atoms with Gasteiger partial charge in [-0.2, -0.15) is 13.2 Å². The maximum absolute atomic E-state index is 12.4. The summed E-state index contributed by atoms with van der Waals surface area (Å²) in [6, 6.07) is 0.885. The van der Waals surface area contributed by atoms with E-state index in [0.29, 0.717) is 18.9 Å². The maximum Gasteiger partial charge on any atom is 0.417 e. The molecule has 1 aromatic heterocycles. The van der Waals surface area contributed by atoms with Gasteiger partial charge in [-0.1, -0.05) is 11.6 Å². The topological polar surface area (TPSA) is 36.4 Å². The minimum absolute atomic E-state index is 0.0107. The van der Waals surface area contributed by atoms with Gasteiger partial charge >= 0.3 is 6.18 Å². The lowest BCUT2D eigenvalue weighted by Crippen LogP contribution is -2.22. The minimum Gasteiger partial charge on any atom is -0.396 e.